The Morgan fingerprint density at radius 1 is 1.56 bits per heavy atom. The van der Waals surface area contributed by atoms with Crippen molar-refractivity contribution in [2.45, 2.75) is 40.7 Å². The summed E-state index contributed by atoms with van der Waals surface area (Å²) < 4.78 is 1.81. The van der Waals surface area contributed by atoms with Gasteiger partial charge in [-0.25, -0.2) is 0 Å². The van der Waals surface area contributed by atoms with Crippen molar-refractivity contribution in [1.29, 1.82) is 0 Å². The smallest absolute Gasteiger partial charge is 0.225 e. The van der Waals surface area contributed by atoms with Crippen LogP contribution in [0, 0.1) is 12.3 Å². The number of amides is 1. The maximum absolute atomic E-state index is 11.8. The van der Waals surface area contributed by atoms with Crippen molar-refractivity contribution in [3.63, 3.8) is 0 Å². The fraction of sp³-hybridized carbons (Fsp3) is 0.667. The second-order valence-corrected chi connectivity index (χ2v) is 4.80. The molecule has 0 fully saturated rings. The quantitative estimate of drug-likeness (QED) is 0.845. The lowest BCUT2D eigenvalue weighted by Crippen LogP contribution is -2.36. The zero-order valence-corrected chi connectivity index (χ0v) is 10.8. The Morgan fingerprint density at radius 3 is 2.62 bits per heavy atom. The maximum Gasteiger partial charge on any atom is 0.225 e. The Balaban J connectivity index is 2.59. The zero-order valence-electron chi connectivity index (χ0n) is 10.8. The molecule has 16 heavy (non-hydrogen) atoms. The summed E-state index contributed by atoms with van der Waals surface area (Å²) in [7, 11) is 1.90. The van der Waals surface area contributed by atoms with Crippen LogP contribution >= 0.6 is 0 Å². The molecular weight excluding hydrogens is 202 g/mol. The fourth-order valence-electron chi connectivity index (χ4n) is 1.29. The van der Waals surface area contributed by atoms with Crippen molar-refractivity contribution in [2.75, 3.05) is 0 Å². The summed E-state index contributed by atoms with van der Waals surface area (Å²) in [4.78, 5) is 11.8. The van der Waals surface area contributed by atoms with Crippen molar-refractivity contribution in [3.8, 4) is 0 Å². The van der Waals surface area contributed by atoms with Crippen LogP contribution in [0.25, 0.3) is 0 Å². The lowest BCUT2D eigenvalue weighted by Gasteiger charge is -2.21. The van der Waals surface area contributed by atoms with Crippen LogP contribution < -0.4 is 5.32 Å². The van der Waals surface area contributed by atoms with E-state index in [2.05, 4.69) is 10.4 Å². The standard InChI is InChI=1S/C12H21N3O/c1-6-12(3,4)11(16)13-7-10-8-14-15(5)9(10)2/h8H,6-7H2,1-5H3,(H,13,16). The van der Waals surface area contributed by atoms with Crippen molar-refractivity contribution < 1.29 is 4.79 Å². The van der Waals surface area contributed by atoms with Crippen molar-refractivity contribution in [3.05, 3.63) is 17.5 Å². The van der Waals surface area contributed by atoms with E-state index < -0.39 is 0 Å². The van der Waals surface area contributed by atoms with Crippen LogP contribution in [0.5, 0.6) is 0 Å². The Labute approximate surface area is 97.0 Å². The van der Waals surface area contributed by atoms with E-state index in [1.165, 1.54) is 0 Å². The number of nitrogens with one attached hydrogen (secondary N) is 1. The molecule has 0 bridgehead atoms. The highest BCUT2D eigenvalue weighted by Crippen LogP contribution is 2.19. The Hall–Kier alpha value is -1.32. The number of hydrogen-bond donors (Lipinski definition) is 1. The Morgan fingerprint density at radius 2 is 2.19 bits per heavy atom. The van der Waals surface area contributed by atoms with Crippen LogP contribution in [0.1, 0.15) is 38.4 Å². The van der Waals surface area contributed by atoms with Gasteiger partial charge in [0.1, 0.15) is 0 Å². The normalized spacial score (nSPS) is 11.6. The van der Waals surface area contributed by atoms with Crippen molar-refractivity contribution in [2.24, 2.45) is 12.5 Å². The number of carbonyl (C=O) groups excluding carboxylic acids is 1. The van der Waals surface area contributed by atoms with Crippen LogP contribution in [0.3, 0.4) is 0 Å². The summed E-state index contributed by atoms with van der Waals surface area (Å²) in [6, 6.07) is 0. The molecule has 1 amide bonds. The molecule has 0 aliphatic carbocycles. The van der Waals surface area contributed by atoms with Gasteiger partial charge in [0.25, 0.3) is 0 Å². The zero-order chi connectivity index (χ0) is 12.3. The van der Waals surface area contributed by atoms with Gasteiger partial charge in [-0.3, -0.25) is 9.48 Å². The molecule has 1 rings (SSSR count). The van der Waals surface area contributed by atoms with Gasteiger partial charge in [-0.15, -0.1) is 0 Å². The molecule has 0 aliphatic rings. The molecule has 0 atom stereocenters. The summed E-state index contributed by atoms with van der Waals surface area (Å²) in [5.74, 6) is 0.0956. The highest BCUT2D eigenvalue weighted by molar-refractivity contribution is 5.81. The van der Waals surface area contributed by atoms with Gasteiger partial charge in [-0.05, 0) is 13.3 Å². The molecule has 0 radical (unpaired) electrons. The number of aromatic nitrogens is 2. The third-order valence-corrected chi connectivity index (χ3v) is 3.27. The summed E-state index contributed by atoms with van der Waals surface area (Å²) in [5, 5.41) is 7.09. The van der Waals surface area contributed by atoms with Gasteiger partial charge in [0.15, 0.2) is 0 Å². The number of hydrogen-bond acceptors (Lipinski definition) is 2. The molecule has 1 aromatic heterocycles. The predicted molar refractivity (Wildman–Crippen MR) is 63.9 cm³/mol. The van der Waals surface area contributed by atoms with E-state index >= 15 is 0 Å². The molecule has 0 saturated carbocycles. The Bertz CT molecular complexity index is 380. The van der Waals surface area contributed by atoms with E-state index in [0.29, 0.717) is 6.54 Å². The average Bonchev–Trinajstić information content (AvgIpc) is 2.56. The molecule has 0 spiro atoms. The van der Waals surface area contributed by atoms with Gasteiger partial charge in [0.05, 0.1) is 6.20 Å². The first-order chi connectivity index (χ1) is 7.38. The summed E-state index contributed by atoms with van der Waals surface area (Å²) in [6.07, 6.45) is 2.64. The summed E-state index contributed by atoms with van der Waals surface area (Å²) in [5.41, 5.74) is 1.87. The highest BCUT2D eigenvalue weighted by Gasteiger charge is 2.24. The van der Waals surface area contributed by atoms with Gasteiger partial charge in [-0.2, -0.15) is 5.10 Å². The van der Waals surface area contributed by atoms with Gasteiger partial charge in [0, 0.05) is 30.3 Å². The molecule has 1 N–H and O–H groups in total. The predicted octanol–water partition coefficient (Wildman–Crippen LogP) is 1.78. The summed E-state index contributed by atoms with van der Waals surface area (Å²) in [6.45, 7) is 8.49. The number of aryl methyl sites for hydroxylation is 1. The van der Waals surface area contributed by atoms with Crippen molar-refractivity contribution in [1.82, 2.24) is 15.1 Å². The van der Waals surface area contributed by atoms with Crippen LogP contribution in [0.2, 0.25) is 0 Å². The number of carbonyl (C=O) groups is 1. The number of nitrogens with zero attached hydrogens (tertiary/aromatic N) is 2. The Kier molecular flexibility index (Phi) is 3.73. The largest absolute Gasteiger partial charge is 0.351 e. The van der Waals surface area contributed by atoms with E-state index in [4.69, 9.17) is 0 Å². The molecule has 1 aromatic rings. The highest BCUT2D eigenvalue weighted by atomic mass is 16.2. The molecule has 0 unspecified atom stereocenters. The molecule has 0 aromatic carbocycles. The molecule has 90 valence electrons. The molecule has 4 heteroatoms. The lowest BCUT2D eigenvalue weighted by atomic mass is 9.89. The molecule has 4 nitrogen and oxygen atoms in total. The van der Waals surface area contributed by atoms with E-state index in [9.17, 15) is 4.79 Å². The van der Waals surface area contributed by atoms with Gasteiger partial charge in [-0.1, -0.05) is 20.8 Å². The van der Waals surface area contributed by atoms with E-state index in [0.717, 1.165) is 17.7 Å². The van der Waals surface area contributed by atoms with Gasteiger partial charge >= 0.3 is 0 Å². The van der Waals surface area contributed by atoms with E-state index in [1.807, 2.05) is 39.4 Å². The molecule has 1 heterocycles. The average molecular weight is 223 g/mol. The molecule has 0 aliphatic heterocycles. The molecular formula is C12H21N3O. The minimum absolute atomic E-state index is 0.0956. The van der Waals surface area contributed by atoms with Gasteiger partial charge < -0.3 is 5.32 Å². The first kappa shape index (κ1) is 12.7. The topological polar surface area (TPSA) is 46.9 Å². The second kappa shape index (κ2) is 4.68. The van der Waals surface area contributed by atoms with Crippen LogP contribution in [-0.4, -0.2) is 15.7 Å². The summed E-state index contributed by atoms with van der Waals surface area (Å²) >= 11 is 0. The van der Waals surface area contributed by atoms with Gasteiger partial charge in [0.2, 0.25) is 5.91 Å². The van der Waals surface area contributed by atoms with E-state index in [1.54, 1.807) is 6.20 Å². The fourth-order valence-corrected chi connectivity index (χ4v) is 1.29. The van der Waals surface area contributed by atoms with Crippen LogP contribution in [0.15, 0.2) is 6.20 Å². The third-order valence-electron chi connectivity index (χ3n) is 3.27. The van der Waals surface area contributed by atoms with E-state index in [-0.39, 0.29) is 11.3 Å². The monoisotopic (exact) mass is 223 g/mol. The molecule has 0 saturated heterocycles. The van der Waals surface area contributed by atoms with Crippen LogP contribution in [-0.2, 0) is 18.4 Å². The number of rotatable bonds is 4. The second-order valence-electron chi connectivity index (χ2n) is 4.80. The minimum atomic E-state index is -0.296. The third kappa shape index (κ3) is 2.62. The van der Waals surface area contributed by atoms with Crippen molar-refractivity contribution >= 4 is 5.91 Å². The first-order valence-corrected chi connectivity index (χ1v) is 5.64. The van der Waals surface area contributed by atoms with Crippen LogP contribution in [0.4, 0.5) is 0 Å². The minimum Gasteiger partial charge on any atom is -0.351 e. The first-order valence-electron chi connectivity index (χ1n) is 5.64. The lowest BCUT2D eigenvalue weighted by molar-refractivity contribution is -0.129. The maximum atomic E-state index is 11.8. The SMILES string of the molecule is CCC(C)(C)C(=O)NCc1cnn(C)c1C.